The molecule has 10 heteroatoms. The van der Waals surface area contributed by atoms with Crippen LogP contribution in [0.5, 0.6) is 0 Å². The highest BCUT2D eigenvalue weighted by molar-refractivity contribution is 5.88. The second-order valence-corrected chi connectivity index (χ2v) is 6.22. The molecule has 146 valence electrons. The molecule has 0 aliphatic carbocycles. The third-order valence-corrected chi connectivity index (χ3v) is 3.94. The number of esters is 1. The first-order valence-electron chi connectivity index (χ1n) is 8.37. The standard InChI is InChI=1S/C18H17F2N5O3/c1-9-6-10(2)25-18(21-9)23-16(24-25)17(27)28-8-15(26)22-11(3)13-5-4-12(19)7-14(13)20/h4-7,11H,8H2,1-3H3,(H,22,26)/t11-/m1/s1. The summed E-state index contributed by atoms with van der Waals surface area (Å²) in [5.74, 6) is -3.02. The van der Waals surface area contributed by atoms with Gasteiger partial charge in [-0.25, -0.2) is 23.1 Å². The maximum absolute atomic E-state index is 13.7. The molecule has 2 heterocycles. The van der Waals surface area contributed by atoms with Gasteiger partial charge in [0, 0.05) is 23.0 Å². The number of carbonyl (C=O) groups excluding carboxylic acids is 2. The van der Waals surface area contributed by atoms with Gasteiger partial charge < -0.3 is 10.1 Å². The normalized spacial score (nSPS) is 12.0. The molecule has 1 N–H and O–H groups in total. The zero-order valence-electron chi connectivity index (χ0n) is 15.4. The fourth-order valence-corrected chi connectivity index (χ4v) is 2.66. The Morgan fingerprint density at radius 2 is 1.96 bits per heavy atom. The van der Waals surface area contributed by atoms with Gasteiger partial charge in [0.1, 0.15) is 11.6 Å². The summed E-state index contributed by atoms with van der Waals surface area (Å²) in [5, 5.41) is 6.48. The van der Waals surface area contributed by atoms with Crippen LogP contribution >= 0.6 is 0 Å². The highest BCUT2D eigenvalue weighted by atomic mass is 19.1. The Morgan fingerprint density at radius 3 is 2.68 bits per heavy atom. The number of aromatic nitrogens is 4. The molecule has 0 bridgehead atoms. The molecule has 1 aromatic carbocycles. The molecule has 0 spiro atoms. The zero-order valence-corrected chi connectivity index (χ0v) is 15.4. The largest absolute Gasteiger partial charge is 0.450 e. The third-order valence-electron chi connectivity index (χ3n) is 3.94. The molecule has 28 heavy (non-hydrogen) atoms. The fraction of sp³-hybridized carbons (Fsp3) is 0.278. The number of nitrogens with zero attached hydrogens (tertiary/aromatic N) is 4. The molecule has 0 saturated heterocycles. The molecule has 0 saturated carbocycles. The van der Waals surface area contributed by atoms with Crippen molar-refractivity contribution >= 4 is 17.7 Å². The molecule has 2 aromatic heterocycles. The predicted octanol–water partition coefficient (Wildman–Crippen LogP) is 2.05. The van der Waals surface area contributed by atoms with E-state index in [4.69, 9.17) is 4.74 Å². The van der Waals surface area contributed by atoms with Gasteiger partial charge in [-0.3, -0.25) is 4.79 Å². The molecular formula is C18H17F2N5O3. The number of amides is 1. The highest BCUT2D eigenvalue weighted by Crippen LogP contribution is 2.17. The van der Waals surface area contributed by atoms with Crippen LogP contribution in [0, 0.1) is 25.5 Å². The lowest BCUT2D eigenvalue weighted by Crippen LogP contribution is -2.31. The monoisotopic (exact) mass is 389 g/mol. The Labute approximate surface area is 158 Å². The highest BCUT2D eigenvalue weighted by Gasteiger charge is 2.19. The average molecular weight is 389 g/mol. The van der Waals surface area contributed by atoms with Crippen molar-refractivity contribution in [1.29, 1.82) is 0 Å². The van der Waals surface area contributed by atoms with Crippen molar-refractivity contribution in [3.8, 4) is 0 Å². The molecule has 0 aliphatic rings. The summed E-state index contributed by atoms with van der Waals surface area (Å²) in [5.41, 5.74) is 1.57. The van der Waals surface area contributed by atoms with Crippen molar-refractivity contribution in [1.82, 2.24) is 24.9 Å². The second kappa shape index (κ2) is 7.67. The van der Waals surface area contributed by atoms with E-state index in [2.05, 4.69) is 20.4 Å². The summed E-state index contributed by atoms with van der Waals surface area (Å²) >= 11 is 0. The van der Waals surface area contributed by atoms with Gasteiger partial charge in [-0.15, -0.1) is 5.10 Å². The molecule has 0 aliphatic heterocycles. The summed E-state index contributed by atoms with van der Waals surface area (Å²) in [4.78, 5) is 32.2. The van der Waals surface area contributed by atoms with E-state index in [-0.39, 0.29) is 17.2 Å². The van der Waals surface area contributed by atoms with Gasteiger partial charge in [-0.05, 0) is 32.9 Å². The first-order valence-corrected chi connectivity index (χ1v) is 8.37. The van der Waals surface area contributed by atoms with Crippen molar-refractivity contribution in [2.24, 2.45) is 0 Å². The summed E-state index contributed by atoms with van der Waals surface area (Å²) in [7, 11) is 0. The van der Waals surface area contributed by atoms with Gasteiger partial charge in [-0.1, -0.05) is 6.07 Å². The number of nitrogens with one attached hydrogen (secondary N) is 1. The summed E-state index contributed by atoms with van der Waals surface area (Å²) < 4.78 is 33.0. The van der Waals surface area contributed by atoms with Crippen molar-refractivity contribution in [2.45, 2.75) is 26.8 Å². The topological polar surface area (TPSA) is 98.5 Å². The van der Waals surface area contributed by atoms with Crippen LogP contribution in [0.25, 0.3) is 5.78 Å². The number of hydrogen-bond donors (Lipinski definition) is 1. The number of fused-ring (bicyclic) bond motifs is 1. The Kier molecular flexibility index (Phi) is 5.30. The van der Waals surface area contributed by atoms with Crippen molar-refractivity contribution in [3.05, 3.63) is 58.7 Å². The van der Waals surface area contributed by atoms with E-state index in [1.54, 1.807) is 19.9 Å². The predicted molar refractivity (Wildman–Crippen MR) is 93.5 cm³/mol. The van der Waals surface area contributed by atoms with Crippen molar-refractivity contribution < 1.29 is 23.1 Å². The first kappa shape index (κ1) is 19.3. The van der Waals surface area contributed by atoms with Crippen molar-refractivity contribution in [3.63, 3.8) is 0 Å². The number of halogens is 2. The molecule has 1 amide bonds. The second-order valence-electron chi connectivity index (χ2n) is 6.22. The Morgan fingerprint density at radius 1 is 1.21 bits per heavy atom. The molecule has 8 nitrogen and oxygen atoms in total. The number of hydrogen-bond acceptors (Lipinski definition) is 6. The molecule has 0 unspecified atom stereocenters. The average Bonchev–Trinajstić information content (AvgIpc) is 3.04. The smallest absolute Gasteiger partial charge is 0.378 e. The molecular weight excluding hydrogens is 372 g/mol. The van der Waals surface area contributed by atoms with Crippen LogP contribution in [0.1, 0.15) is 40.5 Å². The van der Waals surface area contributed by atoms with Crippen LogP contribution in [-0.2, 0) is 9.53 Å². The Hall–Kier alpha value is -3.43. The SMILES string of the molecule is Cc1cc(C)n2nc(C(=O)OCC(=O)N[C@H](C)c3ccc(F)cc3F)nc2n1. The van der Waals surface area contributed by atoms with E-state index in [0.29, 0.717) is 0 Å². The fourth-order valence-electron chi connectivity index (χ4n) is 2.66. The van der Waals surface area contributed by atoms with Gasteiger partial charge in [0.2, 0.25) is 0 Å². The lowest BCUT2D eigenvalue weighted by Gasteiger charge is -2.15. The summed E-state index contributed by atoms with van der Waals surface area (Å²) in [6.07, 6.45) is 0. The molecule has 3 rings (SSSR count). The van der Waals surface area contributed by atoms with Gasteiger partial charge in [0.15, 0.2) is 6.61 Å². The number of carbonyl (C=O) groups is 2. The van der Waals surface area contributed by atoms with E-state index < -0.39 is 36.2 Å². The van der Waals surface area contributed by atoms with Crippen LogP contribution in [0.3, 0.4) is 0 Å². The summed E-state index contributed by atoms with van der Waals surface area (Å²) in [6.45, 7) is 4.49. The van der Waals surface area contributed by atoms with Gasteiger partial charge in [0.05, 0.1) is 6.04 Å². The lowest BCUT2D eigenvalue weighted by atomic mass is 10.1. The Balaban J connectivity index is 1.61. The van der Waals surface area contributed by atoms with Crippen LogP contribution in [-0.4, -0.2) is 38.1 Å². The quantitative estimate of drug-likeness (QED) is 0.671. The number of aryl methyl sites for hydroxylation is 2. The Bertz CT molecular complexity index is 1070. The summed E-state index contributed by atoms with van der Waals surface area (Å²) in [6, 6.07) is 4.09. The molecule has 0 fully saturated rings. The van der Waals surface area contributed by atoms with E-state index >= 15 is 0 Å². The minimum atomic E-state index is -0.890. The van der Waals surface area contributed by atoms with Gasteiger partial charge in [0.25, 0.3) is 17.5 Å². The van der Waals surface area contributed by atoms with Gasteiger partial charge in [-0.2, -0.15) is 4.98 Å². The van der Waals surface area contributed by atoms with Crippen LogP contribution in [0.4, 0.5) is 8.78 Å². The van der Waals surface area contributed by atoms with E-state index in [9.17, 15) is 18.4 Å². The van der Waals surface area contributed by atoms with Crippen LogP contribution in [0.15, 0.2) is 24.3 Å². The minimum absolute atomic E-state index is 0.111. The number of rotatable bonds is 5. The lowest BCUT2D eigenvalue weighted by molar-refractivity contribution is -0.124. The van der Waals surface area contributed by atoms with E-state index in [1.165, 1.54) is 17.5 Å². The first-order chi connectivity index (χ1) is 13.2. The van der Waals surface area contributed by atoms with Gasteiger partial charge >= 0.3 is 5.97 Å². The maximum atomic E-state index is 13.7. The van der Waals surface area contributed by atoms with Crippen LogP contribution < -0.4 is 5.32 Å². The minimum Gasteiger partial charge on any atom is -0.450 e. The number of benzene rings is 1. The third kappa shape index (κ3) is 4.11. The molecule has 3 aromatic rings. The maximum Gasteiger partial charge on any atom is 0.378 e. The zero-order chi connectivity index (χ0) is 20.4. The van der Waals surface area contributed by atoms with Crippen molar-refractivity contribution in [2.75, 3.05) is 6.61 Å². The molecule has 0 radical (unpaired) electrons. The van der Waals surface area contributed by atoms with E-state index in [0.717, 1.165) is 23.5 Å². The van der Waals surface area contributed by atoms with Crippen LogP contribution in [0.2, 0.25) is 0 Å². The number of ether oxygens (including phenoxy) is 1. The van der Waals surface area contributed by atoms with E-state index in [1.807, 2.05) is 0 Å². The molecule has 1 atom stereocenters.